The van der Waals surface area contributed by atoms with Gasteiger partial charge in [-0.15, -0.1) is 13.2 Å². The number of rotatable bonds is 1. The largest absolute Gasteiger partial charge is 0.573 e. The second-order valence-electron chi connectivity index (χ2n) is 4.18. The molecule has 0 unspecified atom stereocenters. The predicted octanol–water partition coefficient (Wildman–Crippen LogP) is 3.75. The molecule has 114 valence electrons. The molecule has 0 radical (unpaired) electrons. The Labute approximate surface area is 113 Å². The minimum Gasteiger partial charge on any atom is -0.404 e. The fourth-order valence-electron chi connectivity index (χ4n) is 1.88. The van der Waals surface area contributed by atoms with E-state index in [-0.39, 0.29) is 5.39 Å². The van der Waals surface area contributed by atoms with E-state index in [4.69, 9.17) is 0 Å². The maximum absolute atomic E-state index is 12.8. The zero-order valence-corrected chi connectivity index (χ0v) is 10.3. The van der Waals surface area contributed by atoms with Crippen LogP contribution in [0.25, 0.3) is 10.9 Å². The van der Waals surface area contributed by atoms with Crippen molar-refractivity contribution in [2.45, 2.75) is 19.5 Å². The summed E-state index contributed by atoms with van der Waals surface area (Å²) >= 11 is 0. The lowest BCUT2D eigenvalue weighted by Gasteiger charge is -2.15. The monoisotopic (exact) mass is 311 g/mol. The van der Waals surface area contributed by atoms with Crippen LogP contribution in [0.5, 0.6) is 5.75 Å². The number of alkyl halides is 6. The van der Waals surface area contributed by atoms with Crippen molar-refractivity contribution in [3.05, 3.63) is 39.7 Å². The first-order chi connectivity index (χ1) is 9.50. The lowest BCUT2D eigenvalue weighted by atomic mass is 10.1. The Morgan fingerprint density at radius 2 is 1.71 bits per heavy atom. The van der Waals surface area contributed by atoms with E-state index in [9.17, 15) is 31.1 Å². The number of H-pyrrole nitrogens is 1. The quantitative estimate of drug-likeness (QED) is 0.815. The summed E-state index contributed by atoms with van der Waals surface area (Å²) in [6, 6.07) is 3.02. The van der Waals surface area contributed by atoms with Gasteiger partial charge in [-0.05, 0) is 19.1 Å². The van der Waals surface area contributed by atoms with Gasteiger partial charge >= 0.3 is 12.5 Å². The standard InChI is InChI=1S/C12H7F6NO2/c1-5-9(20)6-3-2-4-7(21-12(16,17)18)8(6)19-10(5)11(13,14)15/h2-4H,1H3,(H,19,20). The molecule has 2 aromatic rings. The predicted molar refractivity (Wildman–Crippen MR) is 61.0 cm³/mol. The number of nitrogens with one attached hydrogen (secondary N) is 1. The van der Waals surface area contributed by atoms with Gasteiger partial charge in [-0.1, -0.05) is 6.07 Å². The number of aromatic nitrogens is 1. The fourth-order valence-corrected chi connectivity index (χ4v) is 1.88. The third kappa shape index (κ3) is 2.96. The maximum Gasteiger partial charge on any atom is 0.573 e. The van der Waals surface area contributed by atoms with Crippen molar-refractivity contribution in [1.29, 1.82) is 0 Å². The highest BCUT2D eigenvalue weighted by molar-refractivity contribution is 5.85. The molecule has 0 bridgehead atoms. The van der Waals surface area contributed by atoms with Crippen LogP contribution < -0.4 is 10.2 Å². The third-order valence-electron chi connectivity index (χ3n) is 2.75. The average Bonchev–Trinajstić information content (AvgIpc) is 2.31. The Kier molecular flexibility index (Phi) is 3.38. The number of benzene rings is 1. The molecule has 0 atom stereocenters. The lowest BCUT2D eigenvalue weighted by molar-refractivity contribution is -0.274. The van der Waals surface area contributed by atoms with Gasteiger partial charge in [-0.2, -0.15) is 13.2 Å². The molecule has 0 aliphatic carbocycles. The van der Waals surface area contributed by atoms with Gasteiger partial charge in [-0.25, -0.2) is 0 Å². The summed E-state index contributed by atoms with van der Waals surface area (Å²) in [4.78, 5) is 13.7. The molecule has 1 N–H and O–H groups in total. The van der Waals surface area contributed by atoms with E-state index in [0.29, 0.717) is 0 Å². The van der Waals surface area contributed by atoms with Crippen LogP contribution in [0.3, 0.4) is 0 Å². The first kappa shape index (κ1) is 15.2. The highest BCUT2D eigenvalue weighted by Gasteiger charge is 2.36. The molecular weight excluding hydrogens is 304 g/mol. The van der Waals surface area contributed by atoms with Crippen LogP contribution in [0.2, 0.25) is 0 Å². The van der Waals surface area contributed by atoms with Crippen molar-refractivity contribution in [3.8, 4) is 5.75 Å². The van der Waals surface area contributed by atoms with Crippen LogP contribution in [0, 0.1) is 6.92 Å². The molecule has 9 heteroatoms. The summed E-state index contributed by atoms with van der Waals surface area (Å²) < 4.78 is 78.8. The summed E-state index contributed by atoms with van der Waals surface area (Å²) in [5.74, 6) is -0.900. The SMILES string of the molecule is Cc1c(C(F)(F)F)[nH]c2c(OC(F)(F)F)cccc2c1=O. The molecule has 1 aromatic carbocycles. The Balaban J connectivity index is 2.81. The molecule has 0 aliphatic heterocycles. The second kappa shape index (κ2) is 4.68. The zero-order valence-electron chi connectivity index (χ0n) is 10.3. The van der Waals surface area contributed by atoms with E-state index in [1.807, 2.05) is 4.98 Å². The van der Waals surface area contributed by atoms with Crippen LogP contribution in [-0.2, 0) is 6.18 Å². The van der Waals surface area contributed by atoms with Gasteiger partial charge in [0.05, 0.1) is 5.52 Å². The highest BCUT2D eigenvalue weighted by Crippen LogP contribution is 2.33. The van der Waals surface area contributed by atoms with Crippen molar-refractivity contribution in [3.63, 3.8) is 0 Å². The summed E-state index contributed by atoms with van der Waals surface area (Å²) in [6.07, 6.45) is -9.99. The minimum atomic E-state index is -5.09. The molecule has 0 saturated carbocycles. The van der Waals surface area contributed by atoms with Gasteiger partial charge < -0.3 is 9.72 Å². The topological polar surface area (TPSA) is 42.1 Å². The van der Waals surface area contributed by atoms with Crippen molar-refractivity contribution < 1.29 is 31.1 Å². The number of para-hydroxylation sites is 1. The van der Waals surface area contributed by atoms with Crippen LogP contribution in [0.15, 0.2) is 23.0 Å². The molecule has 1 aromatic heterocycles. The van der Waals surface area contributed by atoms with Gasteiger partial charge in [-0.3, -0.25) is 4.79 Å². The second-order valence-corrected chi connectivity index (χ2v) is 4.18. The highest BCUT2D eigenvalue weighted by atomic mass is 19.4. The first-order valence-corrected chi connectivity index (χ1v) is 5.49. The number of pyridine rings is 1. The van der Waals surface area contributed by atoms with E-state index in [1.54, 1.807) is 0 Å². The van der Waals surface area contributed by atoms with Gasteiger partial charge in [0.2, 0.25) is 0 Å². The lowest BCUT2D eigenvalue weighted by Crippen LogP contribution is -2.21. The van der Waals surface area contributed by atoms with Crippen molar-refractivity contribution in [2.75, 3.05) is 0 Å². The molecule has 2 rings (SSSR count). The number of halogens is 6. The number of hydrogen-bond donors (Lipinski definition) is 1. The summed E-state index contributed by atoms with van der Waals surface area (Å²) in [6.45, 7) is 0.943. The normalized spacial score (nSPS) is 12.7. The average molecular weight is 311 g/mol. The van der Waals surface area contributed by atoms with Crippen LogP contribution in [0.4, 0.5) is 26.3 Å². The summed E-state index contributed by atoms with van der Waals surface area (Å²) in [5, 5.41) is -0.317. The molecule has 0 amide bonds. The molecule has 0 aliphatic rings. The van der Waals surface area contributed by atoms with Crippen LogP contribution in [0.1, 0.15) is 11.3 Å². The van der Waals surface area contributed by atoms with E-state index in [0.717, 1.165) is 25.1 Å². The molecular formula is C12H7F6NO2. The Bertz CT molecular complexity index is 744. The molecule has 0 spiro atoms. The summed E-state index contributed by atoms with van der Waals surface area (Å²) in [7, 11) is 0. The maximum atomic E-state index is 12.8. The number of ether oxygens (including phenoxy) is 1. The first-order valence-electron chi connectivity index (χ1n) is 5.49. The van der Waals surface area contributed by atoms with Gasteiger partial charge in [0.25, 0.3) is 0 Å². The number of fused-ring (bicyclic) bond motifs is 1. The number of hydrogen-bond acceptors (Lipinski definition) is 2. The van der Waals surface area contributed by atoms with Gasteiger partial charge in [0.15, 0.2) is 11.2 Å². The van der Waals surface area contributed by atoms with Crippen LogP contribution in [-0.4, -0.2) is 11.3 Å². The smallest absolute Gasteiger partial charge is 0.404 e. The molecule has 0 saturated heterocycles. The molecule has 21 heavy (non-hydrogen) atoms. The van der Waals surface area contributed by atoms with E-state index in [1.165, 1.54) is 0 Å². The van der Waals surface area contributed by atoms with Crippen LogP contribution >= 0.6 is 0 Å². The van der Waals surface area contributed by atoms with Crippen molar-refractivity contribution >= 4 is 10.9 Å². The zero-order chi connectivity index (χ0) is 16.0. The van der Waals surface area contributed by atoms with Gasteiger partial charge in [0.1, 0.15) is 5.69 Å². The Hall–Kier alpha value is -2.19. The third-order valence-corrected chi connectivity index (χ3v) is 2.75. The number of aromatic amines is 1. The fraction of sp³-hybridized carbons (Fsp3) is 0.250. The summed E-state index contributed by atoms with van der Waals surface area (Å²) in [5.41, 5.74) is -3.70. The minimum absolute atomic E-state index is 0.317. The van der Waals surface area contributed by atoms with Gasteiger partial charge in [0, 0.05) is 10.9 Å². The molecule has 0 fully saturated rings. The Morgan fingerprint density at radius 3 is 2.24 bits per heavy atom. The van der Waals surface area contributed by atoms with E-state index >= 15 is 0 Å². The van der Waals surface area contributed by atoms with E-state index < -0.39 is 40.5 Å². The Morgan fingerprint density at radius 1 is 1.10 bits per heavy atom. The van der Waals surface area contributed by atoms with Crippen molar-refractivity contribution in [2.24, 2.45) is 0 Å². The van der Waals surface area contributed by atoms with Crippen molar-refractivity contribution in [1.82, 2.24) is 4.98 Å². The van der Waals surface area contributed by atoms with E-state index in [2.05, 4.69) is 4.74 Å². The molecule has 1 heterocycles. The molecule has 3 nitrogen and oxygen atoms in total.